The van der Waals surface area contributed by atoms with Crippen molar-refractivity contribution in [1.82, 2.24) is 0 Å². The monoisotopic (exact) mass is 340 g/mol. The minimum atomic E-state index is -0.127. The maximum Gasteiger partial charge on any atom is 0.243 e. The van der Waals surface area contributed by atoms with Crippen molar-refractivity contribution in [2.45, 2.75) is 13.8 Å². The molecule has 0 spiro atoms. The summed E-state index contributed by atoms with van der Waals surface area (Å²) in [5.41, 5.74) is 2.51. The third-order valence-corrected chi connectivity index (χ3v) is 3.22. The van der Waals surface area contributed by atoms with Crippen LogP contribution in [-0.2, 0) is 4.79 Å². The Bertz CT molecular complexity index is 711. The zero-order chi connectivity index (χ0) is 18.1. The van der Waals surface area contributed by atoms with Crippen LogP contribution < -0.4 is 20.1 Å². The smallest absolute Gasteiger partial charge is 0.243 e. The molecule has 0 aromatic heterocycles. The second-order valence-corrected chi connectivity index (χ2v) is 5.63. The number of hydrogen-bond donors (Lipinski definition) is 2. The maximum atomic E-state index is 12.0. The van der Waals surface area contributed by atoms with Crippen LogP contribution >= 0.6 is 0 Å². The van der Waals surface area contributed by atoms with Gasteiger partial charge in [0, 0.05) is 17.4 Å². The van der Waals surface area contributed by atoms with E-state index in [4.69, 9.17) is 9.47 Å². The zero-order valence-electron chi connectivity index (χ0n) is 14.7. The molecule has 5 heteroatoms. The number of nitrogens with one attached hydrogen (secondary N) is 2. The molecule has 0 fully saturated rings. The number of benzene rings is 2. The molecule has 1 amide bonds. The summed E-state index contributed by atoms with van der Waals surface area (Å²) >= 11 is 0. The molecule has 2 aromatic rings. The number of anilines is 2. The van der Waals surface area contributed by atoms with Gasteiger partial charge in [-0.25, -0.2) is 0 Å². The molecule has 0 aliphatic rings. The minimum absolute atomic E-state index is 0.127. The predicted molar refractivity (Wildman–Crippen MR) is 101 cm³/mol. The molecule has 5 nitrogen and oxygen atoms in total. The molecule has 0 unspecified atom stereocenters. The number of carbonyl (C=O) groups is 1. The maximum absolute atomic E-state index is 12.0. The molecule has 25 heavy (non-hydrogen) atoms. The second kappa shape index (κ2) is 9.37. The molecule has 0 atom stereocenters. The Kier molecular flexibility index (Phi) is 6.89. The summed E-state index contributed by atoms with van der Waals surface area (Å²) in [7, 11) is 0. The van der Waals surface area contributed by atoms with Gasteiger partial charge >= 0.3 is 0 Å². The van der Waals surface area contributed by atoms with E-state index >= 15 is 0 Å². The molecular formula is C20H24N2O3. The predicted octanol–water partition coefficient (Wildman–Crippen LogP) is 4.09. The van der Waals surface area contributed by atoms with Gasteiger partial charge in [0.1, 0.15) is 18.1 Å². The van der Waals surface area contributed by atoms with E-state index in [1.165, 1.54) is 0 Å². The topological polar surface area (TPSA) is 59.6 Å². The number of carbonyl (C=O) groups excluding carboxylic acids is 1. The highest BCUT2D eigenvalue weighted by Gasteiger charge is 2.04. The summed E-state index contributed by atoms with van der Waals surface area (Å²) in [5, 5.41) is 5.92. The summed E-state index contributed by atoms with van der Waals surface area (Å²) in [5.74, 6) is 1.39. The lowest BCUT2D eigenvalue weighted by Gasteiger charge is -2.10. The molecule has 0 aliphatic heterocycles. The fourth-order valence-electron chi connectivity index (χ4n) is 2.09. The van der Waals surface area contributed by atoms with Gasteiger partial charge in [-0.15, -0.1) is 0 Å². The third kappa shape index (κ3) is 6.59. The van der Waals surface area contributed by atoms with E-state index in [1.54, 1.807) is 12.1 Å². The largest absolute Gasteiger partial charge is 0.494 e. The van der Waals surface area contributed by atoms with Crippen molar-refractivity contribution in [3.63, 3.8) is 0 Å². The van der Waals surface area contributed by atoms with Gasteiger partial charge in [-0.05, 0) is 55.8 Å². The van der Waals surface area contributed by atoms with Crippen LogP contribution in [0.25, 0.3) is 0 Å². The van der Waals surface area contributed by atoms with E-state index in [0.29, 0.717) is 13.2 Å². The van der Waals surface area contributed by atoms with Crippen molar-refractivity contribution in [2.75, 3.05) is 30.4 Å². The second-order valence-electron chi connectivity index (χ2n) is 5.63. The van der Waals surface area contributed by atoms with Gasteiger partial charge in [0.15, 0.2) is 0 Å². The Labute approximate surface area is 148 Å². The fourth-order valence-corrected chi connectivity index (χ4v) is 2.09. The standard InChI is InChI=1S/C20H24N2O3/c1-4-24-19-7-5-6-17(12-19)21-13-20(23)22-16-8-10-18(11-9-16)25-14-15(2)3/h5-12,21H,2,4,13-14H2,1,3H3,(H,22,23). The van der Waals surface area contributed by atoms with Crippen LogP contribution in [0.3, 0.4) is 0 Å². The van der Waals surface area contributed by atoms with Crippen LogP contribution in [0.4, 0.5) is 11.4 Å². The van der Waals surface area contributed by atoms with Crippen molar-refractivity contribution in [3.05, 3.63) is 60.7 Å². The highest BCUT2D eigenvalue weighted by Crippen LogP contribution is 2.18. The highest BCUT2D eigenvalue weighted by molar-refractivity contribution is 5.93. The average molecular weight is 340 g/mol. The number of ether oxygens (including phenoxy) is 2. The average Bonchev–Trinajstić information content (AvgIpc) is 2.60. The van der Waals surface area contributed by atoms with Gasteiger partial charge in [-0.2, -0.15) is 0 Å². The third-order valence-electron chi connectivity index (χ3n) is 3.22. The van der Waals surface area contributed by atoms with Crippen LogP contribution in [-0.4, -0.2) is 25.7 Å². The lowest BCUT2D eigenvalue weighted by Crippen LogP contribution is -2.21. The van der Waals surface area contributed by atoms with Gasteiger partial charge < -0.3 is 20.1 Å². The molecule has 0 saturated carbocycles. The Balaban J connectivity index is 1.81. The van der Waals surface area contributed by atoms with Crippen molar-refractivity contribution in [2.24, 2.45) is 0 Å². The molecule has 0 radical (unpaired) electrons. The first-order valence-corrected chi connectivity index (χ1v) is 8.20. The first kappa shape index (κ1) is 18.4. The summed E-state index contributed by atoms with van der Waals surface area (Å²) < 4.78 is 11.0. The quantitative estimate of drug-likeness (QED) is 0.675. The first-order chi connectivity index (χ1) is 12.1. The normalized spacial score (nSPS) is 10.0. The molecule has 0 heterocycles. The van der Waals surface area contributed by atoms with E-state index in [-0.39, 0.29) is 12.5 Å². The molecule has 2 rings (SSSR count). The van der Waals surface area contributed by atoms with Gasteiger partial charge in [0.25, 0.3) is 0 Å². The van der Waals surface area contributed by atoms with Gasteiger partial charge in [-0.3, -0.25) is 4.79 Å². The van der Waals surface area contributed by atoms with E-state index in [2.05, 4.69) is 17.2 Å². The molecule has 2 N–H and O–H groups in total. The van der Waals surface area contributed by atoms with Crippen molar-refractivity contribution < 1.29 is 14.3 Å². The SMILES string of the molecule is C=C(C)COc1ccc(NC(=O)CNc2cccc(OCC)c2)cc1. The van der Waals surface area contributed by atoms with Crippen molar-refractivity contribution in [3.8, 4) is 11.5 Å². The highest BCUT2D eigenvalue weighted by atomic mass is 16.5. The summed E-state index contributed by atoms with van der Waals surface area (Å²) in [4.78, 5) is 12.0. The van der Waals surface area contributed by atoms with Crippen LogP contribution in [0.1, 0.15) is 13.8 Å². The Hall–Kier alpha value is -2.95. The van der Waals surface area contributed by atoms with Crippen molar-refractivity contribution >= 4 is 17.3 Å². The zero-order valence-corrected chi connectivity index (χ0v) is 14.7. The van der Waals surface area contributed by atoms with E-state index in [1.807, 2.05) is 50.2 Å². The van der Waals surface area contributed by atoms with Crippen LogP contribution in [0.2, 0.25) is 0 Å². The number of rotatable bonds is 9. The first-order valence-electron chi connectivity index (χ1n) is 8.20. The lowest BCUT2D eigenvalue weighted by molar-refractivity contribution is -0.114. The Morgan fingerprint density at radius 3 is 2.48 bits per heavy atom. The summed E-state index contributed by atoms with van der Waals surface area (Å²) in [6.07, 6.45) is 0. The number of amides is 1. The van der Waals surface area contributed by atoms with E-state index < -0.39 is 0 Å². The molecule has 0 bridgehead atoms. The summed E-state index contributed by atoms with van der Waals surface area (Å²) in [6, 6.07) is 14.8. The molecule has 0 aliphatic carbocycles. The lowest BCUT2D eigenvalue weighted by atomic mass is 10.3. The van der Waals surface area contributed by atoms with E-state index in [0.717, 1.165) is 28.4 Å². The van der Waals surface area contributed by atoms with Gasteiger partial charge in [-0.1, -0.05) is 12.6 Å². The Morgan fingerprint density at radius 1 is 1.04 bits per heavy atom. The Morgan fingerprint density at radius 2 is 1.80 bits per heavy atom. The van der Waals surface area contributed by atoms with Crippen LogP contribution in [0.5, 0.6) is 11.5 Å². The van der Waals surface area contributed by atoms with E-state index in [9.17, 15) is 4.79 Å². The number of hydrogen-bond acceptors (Lipinski definition) is 4. The fraction of sp³-hybridized carbons (Fsp3) is 0.250. The molecule has 2 aromatic carbocycles. The molecule has 132 valence electrons. The van der Waals surface area contributed by atoms with Gasteiger partial charge in [0.05, 0.1) is 13.2 Å². The van der Waals surface area contributed by atoms with Crippen LogP contribution in [0, 0.1) is 0 Å². The molecule has 0 saturated heterocycles. The van der Waals surface area contributed by atoms with Gasteiger partial charge in [0.2, 0.25) is 5.91 Å². The van der Waals surface area contributed by atoms with Crippen LogP contribution in [0.15, 0.2) is 60.7 Å². The molecular weight excluding hydrogens is 316 g/mol. The minimum Gasteiger partial charge on any atom is -0.494 e. The summed E-state index contributed by atoms with van der Waals surface area (Å²) in [6.45, 7) is 8.89. The van der Waals surface area contributed by atoms with Crippen molar-refractivity contribution in [1.29, 1.82) is 0 Å².